The normalized spacial score (nSPS) is 17.5. The van der Waals surface area contributed by atoms with Crippen LogP contribution >= 0.6 is 0 Å². The Bertz CT molecular complexity index is 5000. The van der Waals surface area contributed by atoms with Crippen LogP contribution in [0.25, 0.3) is 87.6 Å². The van der Waals surface area contributed by atoms with Crippen LogP contribution in [0.15, 0.2) is 279 Å². The maximum atomic E-state index is 2.63. The topological polar surface area (TPSA) is 6.48 Å². The number of hydrogen-bond acceptors (Lipinski definition) is 2. The van der Waals surface area contributed by atoms with Crippen molar-refractivity contribution < 1.29 is 0 Å². The molecule has 0 saturated heterocycles. The quantitative estimate of drug-likeness (QED) is 0.157. The number of benzene rings is 14. The Balaban J connectivity index is 0.928. The zero-order valence-electron chi connectivity index (χ0n) is 50.5. The summed E-state index contributed by atoms with van der Waals surface area (Å²) in [5.74, 6) is 0. The van der Waals surface area contributed by atoms with Crippen LogP contribution in [0.1, 0.15) is 86.1 Å². The highest BCUT2D eigenvalue weighted by molar-refractivity contribution is 6.15. The summed E-state index contributed by atoms with van der Waals surface area (Å²) in [6.07, 6.45) is 0. The highest BCUT2D eigenvalue weighted by Crippen LogP contribution is 2.68. The molecule has 18 rings (SSSR count). The van der Waals surface area contributed by atoms with E-state index in [4.69, 9.17) is 0 Å². The van der Waals surface area contributed by atoms with Gasteiger partial charge in [-0.2, -0.15) is 0 Å². The van der Waals surface area contributed by atoms with Crippen molar-refractivity contribution >= 4 is 77.2 Å². The molecule has 0 spiro atoms. The molecule has 2 heteroatoms. The van der Waals surface area contributed by atoms with Gasteiger partial charge in [-0.05, 0) is 159 Å². The van der Waals surface area contributed by atoms with Crippen LogP contribution in [-0.2, 0) is 21.7 Å². The molecule has 4 aliphatic carbocycles. The maximum Gasteiger partial charge on any atom is 0.0543 e. The first kappa shape index (κ1) is 51.0. The minimum Gasteiger partial charge on any atom is -0.309 e. The maximum absolute atomic E-state index is 2.63. The molecule has 0 N–H and O–H groups in total. The lowest BCUT2D eigenvalue weighted by molar-refractivity contribution is 0.376. The fourth-order valence-electron chi connectivity index (χ4n) is 17.4. The van der Waals surface area contributed by atoms with Crippen LogP contribution in [0.4, 0.5) is 34.1 Å². The van der Waals surface area contributed by atoms with Crippen molar-refractivity contribution in [3.63, 3.8) is 0 Å². The third kappa shape index (κ3) is 6.62. The molecule has 4 aliphatic rings. The molecule has 0 fully saturated rings. The van der Waals surface area contributed by atoms with Gasteiger partial charge in [-0.3, -0.25) is 0 Å². The SMILES string of the molecule is CC1(C)c2ccccc2-c2ccc(N(c3cccc4ccccc34)c3cc4c(c5ccccc35)-c3ccccc3C4(C)C3(C)c4ccccc4-c4c3cc(N(c3ccc5c(c3)C(C)(C)c3ccccc3-5)c3cccc5ccccc35)c3ccccc43)cc21. The first-order valence-corrected chi connectivity index (χ1v) is 31.3. The Labute approximate surface area is 515 Å². The van der Waals surface area contributed by atoms with E-state index in [9.17, 15) is 0 Å². The predicted molar refractivity (Wildman–Crippen MR) is 371 cm³/mol. The molecule has 0 amide bonds. The van der Waals surface area contributed by atoms with Gasteiger partial charge in [0.05, 0.1) is 22.7 Å². The average Bonchev–Trinajstić information content (AvgIpc) is 1.49. The lowest BCUT2D eigenvalue weighted by Crippen LogP contribution is -2.44. The van der Waals surface area contributed by atoms with Crippen LogP contribution in [-0.4, -0.2) is 0 Å². The smallest absolute Gasteiger partial charge is 0.0543 e. The van der Waals surface area contributed by atoms with E-state index in [1.807, 2.05) is 0 Å². The molecular formula is C86H64N2. The highest BCUT2D eigenvalue weighted by Gasteiger charge is 2.58. The zero-order chi connectivity index (χ0) is 59.0. The van der Waals surface area contributed by atoms with Crippen LogP contribution in [0.3, 0.4) is 0 Å². The summed E-state index contributed by atoms with van der Waals surface area (Å²) >= 11 is 0. The molecule has 0 saturated carbocycles. The average molecular weight is 1130 g/mol. The van der Waals surface area contributed by atoms with Crippen molar-refractivity contribution in [2.24, 2.45) is 0 Å². The Morgan fingerprint density at radius 3 is 0.955 bits per heavy atom. The van der Waals surface area contributed by atoms with Crippen molar-refractivity contribution in [3.8, 4) is 44.5 Å². The van der Waals surface area contributed by atoms with Crippen molar-refractivity contribution in [1.82, 2.24) is 0 Å². The number of rotatable bonds is 7. The molecule has 2 unspecified atom stereocenters. The van der Waals surface area contributed by atoms with Gasteiger partial charge in [0.25, 0.3) is 0 Å². The monoisotopic (exact) mass is 1120 g/mol. The third-order valence-electron chi connectivity index (χ3n) is 21.7. The molecule has 0 heterocycles. The Kier molecular flexibility index (Phi) is 10.5. The summed E-state index contributed by atoms with van der Waals surface area (Å²) in [6, 6.07) is 107. The number of nitrogens with zero attached hydrogens (tertiary/aromatic N) is 2. The molecule has 0 aromatic heterocycles. The molecule has 0 aliphatic heterocycles. The van der Waals surface area contributed by atoms with Crippen molar-refractivity contribution in [2.45, 2.75) is 63.2 Å². The molecule has 2 atom stereocenters. The van der Waals surface area contributed by atoms with E-state index < -0.39 is 10.8 Å². The van der Waals surface area contributed by atoms with E-state index in [1.54, 1.807) is 0 Å². The summed E-state index contributed by atoms with van der Waals surface area (Å²) < 4.78 is 0. The van der Waals surface area contributed by atoms with Crippen molar-refractivity contribution in [2.75, 3.05) is 9.80 Å². The van der Waals surface area contributed by atoms with Gasteiger partial charge < -0.3 is 9.80 Å². The molecular weight excluding hydrogens is 1060 g/mol. The van der Waals surface area contributed by atoms with Gasteiger partial charge in [0.15, 0.2) is 0 Å². The van der Waals surface area contributed by atoms with Gasteiger partial charge in [0.1, 0.15) is 0 Å². The zero-order valence-corrected chi connectivity index (χ0v) is 50.5. The van der Waals surface area contributed by atoms with E-state index >= 15 is 0 Å². The van der Waals surface area contributed by atoms with Crippen LogP contribution in [0, 0.1) is 0 Å². The number of fused-ring (bicyclic) bond motifs is 18. The second-order valence-corrected chi connectivity index (χ2v) is 26.5. The van der Waals surface area contributed by atoms with E-state index in [0.717, 1.165) is 34.1 Å². The summed E-state index contributed by atoms with van der Waals surface area (Å²) in [7, 11) is 0. The fraction of sp³-hybridized carbons (Fsp3) is 0.116. The number of anilines is 6. The summed E-state index contributed by atoms with van der Waals surface area (Å²) in [6.45, 7) is 14.8. The van der Waals surface area contributed by atoms with Crippen LogP contribution in [0.2, 0.25) is 0 Å². The highest BCUT2D eigenvalue weighted by atomic mass is 15.2. The second-order valence-electron chi connectivity index (χ2n) is 26.5. The lowest BCUT2D eigenvalue weighted by Gasteiger charge is -2.46. The molecule has 14 aromatic carbocycles. The fourth-order valence-corrected chi connectivity index (χ4v) is 17.4. The Hall–Kier alpha value is -10.3. The minimum absolute atomic E-state index is 0.195. The van der Waals surface area contributed by atoms with Crippen LogP contribution < -0.4 is 9.80 Å². The third-order valence-corrected chi connectivity index (χ3v) is 21.7. The minimum atomic E-state index is -0.627. The molecule has 14 aromatic rings. The summed E-state index contributed by atoms with van der Waals surface area (Å²) in [5, 5.41) is 9.78. The molecule has 418 valence electrons. The first-order chi connectivity index (χ1) is 43.0. The molecule has 2 nitrogen and oxygen atoms in total. The molecule has 0 radical (unpaired) electrons. The molecule has 0 bridgehead atoms. The van der Waals surface area contributed by atoms with Gasteiger partial charge in [-0.25, -0.2) is 0 Å². The van der Waals surface area contributed by atoms with E-state index in [0.29, 0.717) is 0 Å². The van der Waals surface area contributed by atoms with Crippen LogP contribution in [0.5, 0.6) is 0 Å². The second kappa shape index (κ2) is 18.1. The Morgan fingerprint density at radius 2 is 0.534 bits per heavy atom. The van der Waals surface area contributed by atoms with Crippen molar-refractivity contribution in [3.05, 3.63) is 324 Å². The Morgan fingerprint density at radius 1 is 0.216 bits per heavy atom. The largest absolute Gasteiger partial charge is 0.309 e. The predicted octanol–water partition coefficient (Wildman–Crippen LogP) is 23.1. The van der Waals surface area contributed by atoms with E-state index in [-0.39, 0.29) is 10.8 Å². The van der Waals surface area contributed by atoms with Crippen molar-refractivity contribution in [1.29, 1.82) is 0 Å². The first-order valence-electron chi connectivity index (χ1n) is 31.3. The van der Waals surface area contributed by atoms with Gasteiger partial charge in [-0.15, -0.1) is 0 Å². The van der Waals surface area contributed by atoms with Gasteiger partial charge >= 0.3 is 0 Å². The van der Waals surface area contributed by atoms with Gasteiger partial charge in [0.2, 0.25) is 0 Å². The van der Waals surface area contributed by atoms with E-state index in [1.165, 1.54) is 132 Å². The van der Waals surface area contributed by atoms with Gasteiger partial charge in [-0.1, -0.05) is 272 Å². The molecule has 88 heavy (non-hydrogen) atoms. The van der Waals surface area contributed by atoms with Gasteiger partial charge in [0, 0.05) is 54.6 Å². The lowest BCUT2D eigenvalue weighted by atomic mass is 9.56. The van der Waals surface area contributed by atoms with E-state index in [2.05, 4.69) is 330 Å². The summed E-state index contributed by atoms with van der Waals surface area (Å²) in [4.78, 5) is 5.22. The number of hydrogen-bond donors (Lipinski definition) is 0. The standard InChI is InChI=1S/C86H64N2/c1-83(2)69-39-19-15-31-59(69)61-47-45-55(49-73(61)83)87(77-43-23-27-53-25-7-9-29-57(53)77)79-51-75-81(65-35-13-11-33-63(65)79)67-37-17-21-41-71(67)85(75,5)86(6)72-42-22-18-38-68(72)82-66-36-14-12-34-64(66)80(52-76(82)86)88(78-44-24-28-54-26-8-10-30-58(54)78)56-46-48-62-60-32-16-20-40-70(60)84(3,4)74(62)50-56/h7-52H,1-6H3. The summed E-state index contributed by atoms with van der Waals surface area (Å²) in [5.41, 5.74) is 26.5.